The van der Waals surface area contributed by atoms with Crippen molar-refractivity contribution in [2.45, 2.75) is 25.9 Å². The maximum absolute atomic E-state index is 11.8. The van der Waals surface area contributed by atoms with E-state index in [2.05, 4.69) is 10.1 Å². The molecule has 0 aliphatic rings. The minimum Gasteiger partial charge on any atom is -0.479 e. The second-order valence-corrected chi connectivity index (χ2v) is 3.99. The van der Waals surface area contributed by atoms with Crippen LogP contribution in [0.2, 0.25) is 0 Å². The number of methoxy groups -OCH3 is 1. The van der Waals surface area contributed by atoms with Crippen molar-refractivity contribution in [3.05, 3.63) is 0 Å². The number of unbranched alkanes of at least 4 members (excludes halogenated alkanes) is 1. The summed E-state index contributed by atoms with van der Waals surface area (Å²) in [6, 6.07) is -0.532. The van der Waals surface area contributed by atoms with E-state index in [4.69, 9.17) is 10.8 Å². The van der Waals surface area contributed by atoms with E-state index in [1.54, 1.807) is 0 Å². The largest absolute Gasteiger partial charge is 0.479 e. The zero-order valence-electron chi connectivity index (χ0n) is 11.2. The van der Waals surface area contributed by atoms with Gasteiger partial charge in [-0.2, -0.15) is 0 Å². The molecular formula is C11H21N3O5. The van der Waals surface area contributed by atoms with Crippen molar-refractivity contribution in [3.8, 4) is 0 Å². The molecule has 0 saturated heterocycles. The molecule has 0 bridgehead atoms. The number of amides is 3. The second-order valence-electron chi connectivity index (χ2n) is 3.99. The molecule has 4 N–H and O–H groups in total. The molecule has 8 nitrogen and oxygen atoms in total. The SMILES string of the molecule is CCCCN(CC(N)=O)C(=O)NCC(OC)C(=O)O. The van der Waals surface area contributed by atoms with E-state index in [9.17, 15) is 14.4 Å². The third-order valence-corrected chi connectivity index (χ3v) is 2.41. The normalized spacial score (nSPS) is 11.7. The first-order valence-electron chi connectivity index (χ1n) is 5.99. The van der Waals surface area contributed by atoms with Crippen LogP contribution in [0, 0.1) is 0 Å². The van der Waals surface area contributed by atoms with Gasteiger partial charge in [0.15, 0.2) is 6.10 Å². The molecular weight excluding hydrogens is 254 g/mol. The van der Waals surface area contributed by atoms with Gasteiger partial charge >= 0.3 is 12.0 Å². The van der Waals surface area contributed by atoms with Crippen LogP contribution in [0.1, 0.15) is 19.8 Å². The molecule has 0 aromatic heterocycles. The number of aliphatic carboxylic acids is 1. The van der Waals surface area contributed by atoms with Crippen molar-refractivity contribution >= 4 is 17.9 Å². The lowest BCUT2D eigenvalue weighted by Crippen LogP contribution is -2.48. The molecule has 1 unspecified atom stereocenters. The fourth-order valence-corrected chi connectivity index (χ4v) is 1.35. The van der Waals surface area contributed by atoms with Crippen molar-refractivity contribution in [2.24, 2.45) is 5.73 Å². The van der Waals surface area contributed by atoms with Crippen LogP contribution in [-0.4, -0.2) is 60.8 Å². The summed E-state index contributed by atoms with van der Waals surface area (Å²) in [6.45, 7) is 1.96. The highest BCUT2D eigenvalue weighted by molar-refractivity contribution is 5.83. The summed E-state index contributed by atoms with van der Waals surface area (Å²) in [5.74, 6) is -1.79. The third kappa shape index (κ3) is 7.24. The summed E-state index contributed by atoms with van der Waals surface area (Å²) in [5, 5.41) is 11.2. The van der Waals surface area contributed by atoms with Crippen molar-refractivity contribution < 1.29 is 24.2 Å². The number of hydrogen-bond donors (Lipinski definition) is 3. The van der Waals surface area contributed by atoms with Crippen LogP contribution in [0.15, 0.2) is 0 Å². The second kappa shape index (κ2) is 9.15. The van der Waals surface area contributed by atoms with Crippen LogP contribution < -0.4 is 11.1 Å². The number of carboxylic acid groups (broad SMARTS) is 1. The number of carboxylic acids is 1. The standard InChI is InChI=1S/C11H21N3O5/c1-3-4-5-14(7-9(12)15)11(18)13-6-8(19-2)10(16)17/h8H,3-7H2,1-2H3,(H2,12,15)(H,13,18)(H,16,17). The van der Waals surface area contributed by atoms with Crippen LogP contribution in [-0.2, 0) is 14.3 Å². The first-order valence-corrected chi connectivity index (χ1v) is 5.99. The maximum Gasteiger partial charge on any atom is 0.334 e. The smallest absolute Gasteiger partial charge is 0.334 e. The average Bonchev–Trinajstić information content (AvgIpc) is 2.34. The third-order valence-electron chi connectivity index (χ3n) is 2.41. The van der Waals surface area contributed by atoms with Gasteiger partial charge in [0.25, 0.3) is 0 Å². The molecule has 0 fully saturated rings. The molecule has 0 saturated carbocycles. The molecule has 0 aromatic rings. The number of carbonyl (C=O) groups excluding carboxylic acids is 2. The molecule has 8 heteroatoms. The van der Waals surface area contributed by atoms with Gasteiger partial charge in [0.2, 0.25) is 5.91 Å². The fourth-order valence-electron chi connectivity index (χ4n) is 1.35. The molecule has 0 rings (SSSR count). The lowest BCUT2D eigenvalue weighted by atomic mass is 10.3. The number of hydrogen-bond acceptors (Lipinski definition) is 4. The number of primary amides is 1. The Bertz CT molecular complexity index is 321. The van der Waals surface area contributed by atoms with Crippen molar-refractivity contribution in [1.29, 1.82) is 0 Å². The zero-order valence-corrected chi connectivity index (χ0v) is 11.2. The predicted molar refractivity (Wildman–Crippen MR) is 67.5 cm³/mol. The number of rotatable bonds is 9. The maximum atomic E-state index is 11.8. The molecule has 110 valence electrons. The first-order chi connectivity index (χ1) is 8.92. The highest BCUT2D eigenvalue weighted by Gasteiger charge is 2.20. The molecule has 0 spiro atoms. The number of carbonyl (C=O) groups is 3. The van der Waals surface area contributed by atoms with Gasteiger partial charge in [-0.05, 0) is 6.42 Å². The Hall–Kier alpha value is -1.83. The topological polar surface area (TPSA) is 122 Å². The number of ether oxygens (including phenoxy) is 1. The van der Waals surface area contributed by atoms with Crippen molar-refractivity contribution in [3.63, 3.8) is 0 Å². The Kier molecular flexibility index (Phi) is 8.27. The molecule has 19 heavy (non-hydrogen) atoms. The van der Waals surface area contributed by atoms with Gasteiger partial charge in [0.1, 0.15) is 6.54 Å². The van der Waals surface area contributed by atoms with Gasteiger partial charge < -0.3 is 25.8 Å². The van der Waals surface area contributed by atoms with Crippen LogP contribution in [0.25, 0.3) is 0 Å². The van der Waals surface area contributed by atoms with Crippen LogP contribution in [0.3, 0.4) is 0 Å². The monoisotopic (exact) mass is 275 g/mol. The van der Waals surface area contributed by atoms with Crippen molar-refractivity contribution in [1.82, 2.24) is 10.2 Å². The van der Waals surface area contributed by atoms with Gasteiger partial charge in [-0.3, -0.25) is 4.79 Å². The zero-order chi connectivity index (χ0) is 14.8. The molecule has 1 atom stereocenters. The van der Waals surface area contributed by atoms with Gasteiger partial charge in [0.05, 0.1) is 6.54 Å². The van der Waals surface area contributed by atoms with E-state index < -0.39 is 24.0 Å². The van der Waals surface area contributed by atoms with Crippen LogP contribution in [0.5, 0.6) is 0 Å². The van der Waals surface area contributed by atoms with E-state index in [1.165, 1.54) is 12.0 Å². The quantitative estimate of drug-likeness (QED) is 0.518. The molecule has 0 aromatic carbocycles. The molecule has 3 amide bonds. The molecule has 0 aliphatic carbocycles. The van der Waals surface area contributed by atoms with E-state index in [-0.39, 0.29) is 13.1 Å². The Labute approximate surface area is 111 Å². The predicted octanol–water partition coefficient (Wildman–Crippen LogP) is -0.617. The Balaban J connectivity index is 4.37. The van der Waals surface area contributed by atoms with E-state index in [0.29, 0.717) is 6.54 Å². The van der Waals surface area contributed by atoms with E-state index in [0.717, 1.165) is 12.8 Å². The van der Waals surface area contributed by atoms with E-state index in [1.807, 2.05) is 6.92 Å². The minimum atomic E-state index is -1.17. The Morgan fingerprint density at radius 3 is 2.47 bits per heavy atom. The summed E-state index contributed by atoms with van der Waals surface area (Å²) >= 11 is 0. The number of nitrogens with zero attached hydrogens (tertiary/aromatic N) is 1. The van der Waals surface area contributed by atoms with Gasteiger partial charge in [-0.1, -0.05) is 13.3 Å². The van der Waals surface area contributed by atoms with Crippen LogP contribution in [0.4, 0.5) is 4.79 Å². The number of nitrogens with one attached hydrogen (secondary N) is 1. The highest BCUT2D eigenvalue weighted by atomic mass is 16.5. The average molecular weight is 275 g/mol. The summed E-state index contributed by atoms with van der Waals surface area (Å²) in [4.78, 5) is 34.6. The number of urea groups is 1. The molecule has 0 aliphatic heterocycles. The first kappa shape index (κ1) is 17.2. The Morgan fingerprint density at radius 2 is 2.05 bits per heavy atom. The molecule has 0 radical (unpaired) electrons. The summed E-state index contributed by atoms with van der Waals surface area (Å²) in [5.41, 5.74) is 5.05. The fraction of sp³-hybridized carbons (Fsp3) is 0.727. The minimum absolute atomic E-state index is 0.175. The van der Waals surface area contributed by atoms with Gasteiger partial charge in [-0.25, -0.2) is 9.59 Å². The van der Waals surface area contributed by atoms with Crippen LogP contribution >= 0.6 is 0 Å². The van der Waals surface area contributed by atoms with E-state index >= 15 is 0 Å². The number of nitrogens with two attached hydrogens (primary N) is 1. The summed E-state index contributed by atoms with van der Waals surface area (Å²) in [7, 11) is 1.24. The summed E-state index contributed by atoms with van der Waals surface area (Å²) in [6.07, 6.45) is 0.469. The lowest BCUT2D eigenvalue weighted by molar-refractivity contribution is -0.148. The van der Waals surface area contributed by atoms with Gasteiger partial charge in [-0.15, -0.1) is 0 Å². The van der Waals surface area contributed by atoms with Crippen molar-refractivity contribution in [2.75, 3.05) is 26.7 Å². The highest BCUT2D eigenvalue weighted by Crippen LogP contribution is 1.96. The van der Waals surface area contributed by atoms with Gasteiger partial charge in [0, 0.05) is 13.7 Å². The lowest BCUT2D eigenvalue weighted by Gasteiger charge is -2.22. The Morgan fingerprint density at radius 1 is 1.42 bits per heavy atom. The molecule has 0 heterocycles. The summed E-state index contributed by atoms with van der Waals surface area (Å²) < 4.78 is 4.68.